The van der Waals surface area contributed by atoms with E-state index in [0.717, 1.165) is 18.4 Å². The van der Waals surface area contributed by atoms with Gasteiger partial charge < -0.3 is 9.84 Å². The van der Waals surface area contributed by atoms with Crippen LogP contribution in [0, 0.1) is 0 Å². The van der Waals surface area contributed by atoms with Crippen LogP contribution in [0.25, 0.3) is 0 Å². The van der Waals surface area contributed by atoms with Crippen LogP contribution in [-0.4, -0.2) is 17.7 Å². The number of aryl methyl sites for hydroxylation is 1. The Morgan fingerprint density at radius 3 is 2.64 bits per heavy atom. The fourth-order valence-electron chi connectivity index (χ4n) is 1.20. The fraction of sp³-hybridized carbons (Fsp3) is 0.364. The Bertz CT molecular complexity index is 279. The summed E-state index contributed by atoms with van der Waals surface area (Å²) in [6, 6.07) is 7.03. The van der Waals surface area contributed by atoms with E-state index in [-0.39, 0.29) is 11.9 Å². The molecule has 0 spiro atoms. The lowest BCUT2D eigenvalue weighted by molar-refractivity contribution is -0.132. The maximum absolute atomic E-state index is 10.0. The summed E-state index contributed by atoms with van der Waals surface area (Å²) in [5.74, 6) is 0.269. The standard InChI is InChI=1S/C11H14O3/c1-9(14-8-12)2-3-10-4-6-11(13)7-5-10/h4-9,13H,2-3H2,1H3/t9-/m1/s1. The van der Waals surface area contributed by atoms with E-state index in [0.29, 0.717) is 6.47 Å². The predicted octanol–water partition coefficient (Wildman–Crippen LogP) is 1.89. The van der Waals surface area contributed by atoms with E-state index in [2.05, 4.69) is 0 Å². The van der Waals surface area contributed by atoms with Crippen LogP contribution in [-0.2, 0) is 16.0 Å². The zero-order chi connectivity index (χ0) is 10.4. The monoisotopic (exact) mass is 194 g/mol. The van der Waals surface area contributed by atoms with Crippen LogP contribution in [0.5, 0.6) is 5.75 Å². The molecule has 1 N–H and O–H groups in total. The Morgan fingerprint density at radius 2 is 2.07 bits per heavy atom. The third kappa shape index (κ3) is 3.47. The average Bonchev–Trinajstić information content (AvgIpc) is 2.17. The summed E-state index contributed by atoms with van der Waals surface area (Å²) in [7, 11) is 0. The number of aromatic hydroxyl groups is 1. The number of rotatable bonds is 5. The summed E-state index contributed by atoms with van der Waals surface area (Å²) in [6.45, 7) is 2.33. The Labute approximate surface area is 83.3 Å². The molecule has 0 saturated heterocycles. The van der Waals surface area contributed by atoms with Crippen molar-refractivity contribution in [3.63, 3.8) is 0 Å². The Hall–Kier alpha value is -1.51. The molecule has 0 heterocycles. The van der Waals surface area contributed by atoms with Crippen LogP contribution in [0.2, 0.25) is 0 Å². The largest absolute Gasteiger partial charge is 0.508 e. The maximum Gasteiger partial charge on any atom is 0.293 e. The highest BCUT2D eigenvalue weighted by Crippen LogP contribution is 2.12. The van der Waals surface area contributed by atoms with Crippen LogP contribution in [0.15, 0.2) is 24.3 Å². The summed E-state index contributed by atoms with van der Waals surface area (Å²) in [6.07, 6.45) is 1.58. The third-order valence-corrected chi connectivity index (χ3v) is 2.06. The summed E-state index contributed by atoms with van der Waals surface area (Å²) in [5, 5.41) is 9.05. The lowest BCUT2D eigenvalue weighted by Gasteiger charge is -2.08. The minimum Gasteiger partial charge on any atom is -0.508 e. The molecule has 0 saturated carbocycles. The van der Waals surface area contributed by atoms with Gasteiger partial charge >= 0.3 is 0 Å². The van der Waals surface area contributed by atoms with E-state index >= 15 is 0 Å². The molecule has 1 atom stereocenters. The number of phenolic OH excluding ortho intramolecular Hbond substituents is 1. The molecule has 0 amide bonds. The lowest BCUT2D eigenvalue weighted by atomic mass is 10.1. The topological polar surface area (TPSA) is 46.5 Å². The van der Waals surface area contributed by atoms with Gasteiger partial charge in [0.25, 0.3) is 6.47 Å². The minimum absolute atomic E-state index is 0.0543. The van der Waals surface area contributed by atoms with Crippen LogP contribution in [0.1, 0.15) is 18.9 Å². The Kier molecular flexibility index (Phi) is 3.98. The number of ether oxygens (including phenoxy) is 1. The zero-order valence-corrected chi connectivity index (χ0v) is 8.14. The normalized spacial score (nSPS) is 12.1. The van der Waals surface area contributed by atoms with Crippen LogP contribution in [0.3, 0.4) is 0 Å². The molecule has 3 heteroatoms. The Morgan fingerprint density at radius 1 is 1.43 bits per heavy atom. The summed E-state index contributed by atoms with van der Waals surface area (Å²) in [4.78, 5) is 10.0. The van der Waals surface area contributed by atoms with Crippen molar-refractivity contribution < 1.29 is 14.6 Å². The van der Waals surface area contributed by atoms with E-state index in [1.54, 1.807) is 12.1 Å². The summed E-state index contributed by atoms with van der Waals surface area (Å²) < 4.78 is 4.76. The van der Waals surface area contributed by atoms with Crippen LogP contribution in [0.4, 0.5) is 0 Å². The van der Waals surface area contributed by atoms with Gasteiger partial charge in [-0.1, -0.05) is 12.1 Å². The van der Waals surface area contributed by atoms with Crippen molar-refractivity contribution in [1.82, 2.24) is 0 Å². The lowest BCUT2D eigenvalue weighted by Crippen LogP contribution is -2.07. The van der Waals surface area contributed by atoms with Crippen molar-refractivity contribution >= 4 is 6.47 Å². The number of hydrogen-bond donors (Lipinski definition) is 1. The molecule has 0 aliphatic carbocycles. The van der Waals surface area contributed by atoms with Crippen molar-refractivity contribution in [3.05, 3.63) is 29.8 Å². The first-order chi connectivity index (χ1) is 6.72. The number of benzene rings is 1. The van der Waals surface area contributed by atoms with E-state index in [1.807, 2.05) is 19.1 Å². The first kappa shape index (κ1) is 10.6. The summed E-state index contributed by atoms with van der Waals surface area (Å²) >= 11 is 0. The maximum atomic E-state index is 10.0. The van der Waals surface area contributed by atoms with Gasteiger partial charge in [0.15, 0.2) is 0 Å². The number of carbonyl (C=O) groups is 1. The van der Waals surface area contributed by atoms with Gasteiger partial charge in [-0.25, -0.2) is 0 Å². The Balaban J connectivity index is 2.37. The van der Waals surface area contributed by atoms with Crippen molar-refractivity contribution in [2.24, 2.45) is 0 Å². The van der Waals surface area contributed by atoms with Gasteiger partial charge in [0.1, 0.15) is 5.75 Å². The van der Waals surface area contributed by atoms with Crippen molar-refractivity contribution in [3.8, 4) is 5.75 Å². The van der Waals surface area contributed by atoms with E-state index in [1.165, 1.54) is 0 Å². The second-order valence-electron chi connectivity index (χ2n) is 3.25. The van der Waals surface area contributed by atoms with E-state index in [4.69, 9.17) is 9.84 Å². The highest BCUT2D eigenvalue weighted by atomic mass is 16.5. The molecule has 0 unspecified atom stereocenters. The molecule has 0 bridgehead atoms. The summed E-state index contributed by atoms with van der Waals surface area (Å²) in [5.41, 5.74) is 1.13. The van der Waals surface area contributed by atoms with E-state index < -0.39 is 0 Å². The first-order valence-corrected chi connectivity index (χ1v) is 4.59. The molecule has 1 aromatic carbocycles. The molecule has 0 aliphatic heterocycles. The molecule has 1 aromatic rings. The molecule has 1 rings (SSSR count). The first-order valence-electron chi connectivity index (χ1n) is 4.59. The van der Waals surface area contributed by atoms with Gasteiger partial charge in [-0.2, -0.15) is 0 Å². The number of carbonyl (C=O) groups excluding carboxylic acids is 1. The van der Waals surface area contributed by atoms with E-state index in [9.17, 15) is 4.79 Å². The molecular formula is C11H14O3. The van der Waals surface area contributed by atoms with Gasteiger partial charge in [-0.05, 0) is 37.5 Å². The van der Waals surface area contributed by atoms with Crippen molar-refractivity contribution in [2.75, 3.05) is 0 Å². The smallest absolute Gasteiger partial charge is 0.293 e. The molecule has 0 radical (unpaired) electrons. The second-order valence-corrected chi connectivity index (χ2v) is 3.25. The quantitative estimate of drug-likeness (QED) is 0.728. The molecule has 76 valence electrons. The van der Waals surface area contributed by atoms with Gasteiger partial charge in [0.2, 0.25) is 0 Å². The van der Waals surface area contributed by atoms with Gasteiger partial charge in [0.05, 0.1) is 6.10 Å². The second kappa shape index (κ2) is 5.27. The van der Waals surface area contributed by atoms with Gasteiger partial charge in [-0.3, -0.25) is 4.79 Å². The highest BCUT2D eigenvalue weighted by Gasteiger charge is 2.01. The SMILES string of the molecule is C[C@H](CCc1ccc(O)cc1)OC=O. The van der Waals surface area contributed by atoms with Crippen molar-refractivity contribution in [2.45, 2.75) is 25.9 Å². The number of hydrogen-bond acceptors (Lipinski definition) is 3. The average molecular weight is 194 g/mol. The third-order valence-electron chi connectivity index (χ3n) is 2.06. The number of phenols is 1. The predicted molar refractivity (Wildman–Crippen MR) is 53.0 cm³/mol. The molecule has 3 nitrogen and oxygen atoms in total. The molecule has 0 fully saturated rings. The minimum atomic E-state index is -0.0543. The van der Waals surface area contributed by atoms with Crippen molar-refractivity contribution in [1.29, 1.82) is 0 Å². The van der Waals surface area contributed by atoms with Gasteiger partial charge in [0, 0.05) is 0 Å². The zero-order valence-electron chi connectivity index (χ0n) is 8.14. The molecule has 14 heavy (non-hydrogen) atoms. The fourth-order valence-corrected chi connectivity index (χ4v) is 1.20. The van der Waals surface area contributed by atoms with Crippen LogP contribution >= 0.6 is 0 Å². The highest BCUT2D eigenvalue weighted by molar-refractivity contribution is 5.37. The molecule has 0 aliphatic rings. The molecule has 0 aromatic heterocycles. The van der Waals surface area contributed by atoms with Crippen LogP contribution < -0.4 is 0 Å². The molecular weight excluding hydrogens is 180 g/mol. The van der Waals surface area contributed by atoms with Gasteiger partial charge in [-0.15, -0.1) is 0 Å².